The van der Waals surface area contributed by atoms with Crippen LogP contribution in [-0.2, 0) is 0 Å². The van der Waals surface area contributed by atoms with E-state index in [-0.39, 0.29) is 11.6 Å². The number of aromatic nitrogens is 1. The molecule has 4 N–H and O–H groups in total. The van der Waals surface area contributed by atoms with E-state index >= 15 is 0 Å². The van der Waals surface area contributed by atoms with Gasteiger partial charge >= 0.3 is 6.36 Å². The Bertz CT molecular complexity index is 1500. The Morgan fingerprint density at radius 2 is 1.84 bits per heavy atom. The fourth-order valence-electron chi connectivity index (χ4n) is 3.56. The number of amidine groups is 1. The number of para-hydroxylation sites is 1. The lowest BCUT2D eigenvalue weighted by Crippen LogP contribution is -2.24. The standard InChI is InChI=1S/C26H23F3N6OS2/c1-15(2)19-5-3-4-6-21(19)33-25(37)34-31-14-16-7-12-20-22(13-16)38-35-23(20)24(30)32-17-8-10-18(11-9-17)36-26(27,28)29/h3-15H,1-2H3,(H2,30,32)(H2,33,34,37). The first-order chi connectivity index (χ1) is 18.1. The highest BCUT2D eigenvalue weighted by molar-refractivity contribution is 7.80. The first kappa shape index (κ1) is 27.0. The van der Waals surface area contributed by atoms with Crippen LogP contribution >= 0.6 is 23.8 Å². The van der Waals surface area contributed by atoms with E-state index in [4.69, 9.17) is 18.0 Å². The van der Waals surface area contributed by atoms with E-state index in [1.807, 2.05) is 36.4 Å². The zero-order valence-electron chi connectivity index (χ0n) is 20.3. The quantitative estimate of drug-likeness (QED) is 0.102. The highest BCUT2D eigenvalue weighted by Crippen LogP contribution is 2.27. The third-order valence-electron chi connectivity index (χ3n) is 5.27. The van der Waals surface area contributed by atoms with Crippen molar-refractivity contribution >= 4 is 62.4 Å². The summed E-state index contributed by atoms with van der Waals surface area (Å²) in [4.78, 5) is 4.28. The van der Waals surface area contributed by atoms with Gasteiger partial charge < -0.3 is 15.8 Å². The summed E-state index contributed by atoms with van der Waals surface area (Å²) >= 11 is 6.61. The Hall–Kier alpha value is -4.03. The number of halogens is 3. The summed E-state index contributed by atoms with van der Waals surface area (Å²) in [7, 11) is 0. The summed E-state index contributed by atoms with van der Waals surface area (Å²) < 4.78 is 46.1. The Balaban J connectivity index is 1.41. The van der Waals surface area contributed by atoms with Crippen molar-refractivity contribution < 1.29 is 17.9 Å². The Labute approximate surface area is 226 Å². The van der Waals surface area contributed by atoms with Crippen LogP contribution in [0.25, 0.3) is 10.1 Å². The van der Waals surface area contributed by atoms with Crippen LogP contribution in [-0.4, -0.2) is 27.9 Å². The van der Waals surface area contributed by atoms with Crippen LogP contribution in [0.5, 0.6) is 5.75 Å². The van der Waals surface area contributed by atoms with Crippen LogP contribution in [0.2, 0.25) is 0 Å². The average molecular weight is 557 g/mol. The molecule has 0 bridgehead atoms. The van der Waals surface area contributed by atoms with Gasteiger partial charge in [-0.05, 0) is 77.2 Å². The number of alkyl halides is 3. The van der Waals surface area contributed by atoms with Gasteiger partial charge in [-0.25, -0.2) is 4.99 Å². The number of ether oxygens (including phenoxy) is 1. The van der Waals surface area contributed by atoms with E-state index in [1.165, 1.54) is 35.8 Å². The molecular weight excluding hydrogens is 533 g/mol. The topological polar surface area (TPSA) is 96.9 Å². The molecule has 38 heavy (non-hydrogen) atoms. The zero-order chi connectivity index (χ0) is 27.3. The van der Waals surface area contributed by atoms with Crippen LogP contribution in [0.4, 0.5) is 24.5 Å². The molecule has 4 aromatic rings. The van der Waals surface area contributed by atoms with Gasteiger partial charge in [-0.2, -0.15) is 9.47 Å². The molecule has 0 unspecified atom stereocenters. The number of nitrogens with one attached hydrogen (secondary N) is 2. The predicted molar refractivity (Wildman–Crippen MR) is 151 cm³/mol. The lowest BCUT2D eigenvalue weighted by atomic mass is 10.0. The molecular formula is C26H23F3N6OS2. The van der Waals surface area contributed by atoms with Gasteiger partial charge in [-0.3, -0.25) is 5.43 Å². The molecule has 0 amide bonds. The molecule has 0 atom stereocenters. The SMILES string of the molecule is CC(C)c1ccccc1NC(=S)NN=Cc1ccc2c(/C(N)=N\c3ccc(OC(F)(F)F)cc3)nsc2c1. The van der Waals surface area contributed by atoms with Crippen molar-refractivity contribution in [2.45, 2.75) is 26.1 Å². The number of rotatable bonds is 7. The van der Waals surface area contributed by atoms with Gasteiger partial charge in [0.25, 0.3) is 0 Å². The molecule has 1 heterocycles. The van der Waals surface area contributed by atoms with E-state index in [1.54, 1.807) is 6.21 Å². The summed E-state index contributed by atoms with van der Waals surface area (Å²) in [5, 5.41) is 8.56. The molecule has 0 saturated heterocycles. The number of hydrogen-bond donors (Lipinski definition) is 3. The number of thiocarbonyl (C=S) groups is 1. The Kier molecular flexibility index (Phi) is 8.23. The number of hydrazone groups is 1. The molecule has 1 aromatic heterocycles. The van der Waals surface area contributed by atoms with E-state index in [9.17, 15) is 13.2 Å². The lowest BCUT2D eigenvalue weighted by molar-refractivity contribution is -0.274. The fraction of sp³-hybridized carbons (Fsp3) is 0.154. The van der Waals surface area contributed by atoms with Crippen molar-refractivity contribution in [3.63, 3.8) is 0 Å². The number of hydrogen-bond acceptors (Lipinski definition) is 6. The fourth-order valence-corrected chi connectivity index (χ4v) is 4.56. The maximum Gasteiger partial charge on any atom is 0.573 e. The highest BCUT2D eigenvalue weighted by Gasteiger charge is 2.30. The average Bonchev–Trinajstić information content (AvgIpc) is 3.28. The van der Waals surface area contributed by atoms with Crippen molar-refractivity contribution in [1.29, 1.82) is 0 Å². The van der Waals surface area contributed by atoms with Crippen molar-refractivity contribution in [3.8, 4) is 5.75 Å². The molecule has 3 aromatic carbocycles. The first-order valence-electron chi connectivity index (χ1n) is 11.4. The van der Waals surface area contributed by atoms with Gasteiger partial charge in [0.15, 0.2) is 10.9 Å². The summed E-state index contributed by atoms with van der Waals surface area (Å²) in [6.45, 7) is 4.23. The predicted octanol–water partition coefficient (Wildman–Crippen LogP) is 6.68. The molecule has 12 heteroatoms. The van der Waals surface area contributed by atoms with Crippen LogP contribution in [0.1, 0.15) is 36.6 Å². The lowest BCUT2D eigenvalue weighted by Gasteiger charge is -2.14. The molecule has 0 aliphatic heterocycles. The third kappa shape index (κ3) is 7.05. The number of anilines is 1. The van der Waals surface area contributed by atoms with E-state index < -0.39 is 6.36 Å². The van der Waals surface area contributed by atoms with Crippen LogP contribution < -0.4 is 21.2 Å². The molecule has 196 valence electrons. The van der Waals surface area contributed by atoms with Gasteiger partial charge in [0.2, 0.25) is 0 Å². The molecule has 0 aliphatic rings. The zero-order valence-corrected chi connectivity index (χ0v) is 21.9. The molecule has 0 fully saturated rings. The number of fused-ring (bicyclic) bond motifs is 1. The van der Waals surface area contributed by atoms with Crippen molar-refractivity contribution in [2.24, 2.45) is 15.8 Å². The summed E-state index contributed by atoms with van der Waals surface area (Å²) in [6.07, 6.45) is -3.12. The summed E-state index contributed by atoms with van der Waals surface area (Å²) in [5.41, 5.74) is 12.7. The first-order valence-corrected chi connectivity index (χ1v) is 12.6. The smallest absolute Gasteiger partial charge is 0.406 e. The van der Waals surface area contributed by atoms with Gasteiger partial charge in [-0.15, -0.1) is 13.2 Å². The number of nitrogens with two attached hydrogens (primary N) is 1. The number of aliphatic imine (C=N–C) groups is 1. The van der Waals surface area contributed by atoms with E-state index in [2.05, 4.69) is 49.9 Å². The molecule has 0 spiro atoms. The second-order valence-electron chi connectivity index (χ2n) is 8.39. The van der Waals surface area contributed by atoms with Gasteiger partial charge in [0.1, 0.15) is 11.4 Å². The minimum atomic E-state index is -4.76. The molecule has 7 nitrogen and oxygen atoms in total. The van der Waals surface area contributed by atoms with Gasteiger partial charge in [0.05, 0.1) is 16.6 Å². The van der Waals surface area contributed by atoms with Crippen LogP contribution in [0.3, 0.4) is 0 Å². The van der Waals surface area contributed by atoms with E-state index in [0.29, 0.717) is 22.4 Å². The third-order valence-corrected chi connectivity index (χ3v) is 6.27. The van der Waals surface area contributed by atoms with Gasteiger partial charge in [-0.1, -0.05) is 44.2 Å². The Morgan fingerprint density at radius 1 is 1.11 bits per heavy atom. The monoisotopic (exact) mass is 556 g/mol. The van der Waals surface area contributed by atoms with Crippen molar-refractivity contribution in [2.75, 3.05) is 5.32 Å². The Morgan fingerprint density at radius 3 is 2.55 bits per heavy atom. The minimum Gasteiger partial charge on any atom is -0.406 e. The van der Waals surface area contributed by atoms with Crippen LogP contribution in [0.15, 0.2) is 76.8 Å². The maximum atomic E-state index is 12.3. The van der Waals surface area contributed by atoms with Crippen molar-refractivity contribution in [1.82, 2.24) is 9.80 Å². The minimum absolute atomic E-state index is 0.141. The number of benzene rings is 3. The largest absolute Gasteiger partial charge is 0.573 e. The summed E-state index contributed by atoms with van der Waals surface area (Å²) in [5.74, 6) is 0.148. The highest BCUT2D eigenvalue weighted by atomic mass is 32.1. The summed E-state index contributed by atoms with van der Waals surface area (Å²) in [6, 6.07) is 18.7. The number of nitrogens with zero attached hydrogens (tertiary/aromatic N) is 3. The molecule has 0 aliphatic carbocycles. The molecule has 0 saturated carbocycles. The maximum absolute atomic E-state index is 12.3. The van der Waals surface area contributed by atoms with E-state index in [0.717, 1.165) is 26.9 Å². The normalized spacial score (nSPS) is 12.3. The second kappa shape index (κ2) is 11.6. The second-order valence-corrected chi connectivity index (χ2v) is 9.60. The molecule has 4 rings (SSSR count). The van der Waals surface area contributed by atoms with Crippen molar-refractivity contribution in [3.05, 3.63) is 83.6 Å². The van der Waals surface area contributed by atoms with Crippen LogP contribution in [0, 0.1) is 0 Å². The van der Waals surface area contributed by atoms with Gasteiger partial charge in [0, 0.05) is 11.1 Å². The molecule has 0 radical (unpaired) electrons.